The van der Waals surface area contributed by atoms with Crippen molar-refractivity contribution in [1.82, 2.24) is 0 Å². The summed E-state index contributed by atoms with van der Waals surface area (Å²) in [4.78, 5) is 0. The van der Waals surface area contributed by atoms with Gasteiger partial charge >= 0.3 is 0 Å². The fourth-order valence-corrected chi connectivity index (χ4v) is 3.21. The van der Waals surface area contributed by atoms with Crippen LogP contribution in [0.3, 0.4) is 0 Å². The van der Waals surface area contributed by atoms with Gasteiger partial charge in [0.1, 0.15) is 0 Å². The van der Waals surface area contributed by atoms with Crippen molar-refractivity contribution in [3.63, 3.8) is 0 Å². The van der Waals surface area contributed by atoms with Gasteiger partial charge in [-0.1, -0.05) is 65.2 Å². The van der Waals surface area contributed by atoms with Gasteiger partial charge in [0.25, 0.3) is 0 Å². The highest BCUT2D eigenvalue weighted by atomic mass is 16.3. The van der Waals surface area contributed by atoms with Crippen LogP contribution in [-0.4, -0.2) is 11.2 Å². The second kappa shape index (κ2) is 8.97. The van der Waals surface area contributed by atoms with Gasteiger partial charge in [0, 0.05) is 0 Å². The lowest BCUT2D eigenvalue weighted by molar-refractivity contribution is 0.121. The third-order valence-electron chi connectivity index (χ3n) is 4.53. The van der Waals surface area contributed by atoms with Gasteiger partial charge in [-0.15, -0.1) is 0 Å². The van der Waals surface area contributed by atoms with Crippen LogP contribution in [0.4, 0.5) is 0 Å². The molecule has 0 aromatic carbocycles. The van der Waals surface area contributed by atoms with Gasteiger partial charge in [0.05, 0.1) is 6.10 Å². The van der Waals surface area contributed by atoms with Crippen LogP contribution < -0.4 is 0 Å². The molecule has 0 amide bonds. The molecule has 0 aromatic rings. The van der Waals surface area contributed by atoms with Crippen molar-refractivity contribution < 1.29 is 5.11 Å². The van der Waals surface area contributed by atoms with Crippen molar-refractivity contribution in [2.45, 2.75) is 90.6 Å². The Balaban J connectivity index is 2.10. The van der Waals surface area contributed by atoms with Crippen molar-refractivity contribution in [2.75, 3.05) is 0 Å². The van der Waals surface area contributed by atoms with E-state index < -0.39 is 0 Å². The fourth-order valence-electron chi connectivity index (χ4n) is 3.21. The van der Waals surface area contributed by atoms with Gasteiger partial charge in [0.2, 0.25) is 0 Å². The third-order valence-corrected chi connectivity index (χ3v) is 4.53. The van der Waals surface area contributed by atoms with Crippen LogP contribution in [-0.2, 0) is 0 Å². The number of hydrogen-bond donors (Lipinski definition) is 1. The molecule has 0 saturated heterocycles. The van der Waals surface area contributed by atoms with Crippen LogP contribution in [0.1, 0.15) is 84.5 Å². The van der Waals surface area contributed by atoms with Crippen molar-refractivity contribution in [3.05, 3.63) is 0 Å². The Morgan fingerprint density at radius 2 is 1.82 bits per heavy atom. The number of hydrogen-bond acceptors (Lipinski definition) is 1. The summed E-state index contributed by atoms with van der Waals surface area (Å²) in [7, 11) is 0. The summed E-state index contributed by atoms with van der Waals surface area (Å²) in [6, 6.07) is 0. The first-order chi connectivity index (χ1) is 8.26. The Bertz CT molecular complexity index is 172. The molecule has 102 valence electrons. The van der Waals surface area contributed by atoms with Gasteiger partial charge in [-0.05, 0) is 31.1 Å². The average Bonchev–Trinajstić information content (AvgIpc) is 2.85. The molecule has 1 heteroatoms. The van der Waals surface area contributed by atoms with Gasteiger partial charge in [0.15, 0.2) is 0 Å². The van der Waals surface area contributed by atoms with E-state index in [-0.39, 0.29) is 6.10 Å². The molecule has 1 nitrogen and oxygen atoms in total. The summed E-state index contributed by atoms with van der Waals surface area (Å²) in [5, 5.41) is 10.1. The molecule has 0 radical (unpaired) electrons. The largest absolute Gasteiger partial charge is 0.393 e. The minimum atomic E-state index is -0.0302. The zero-order valence-corrected chi connectivity index (χ0v) is 12.0. The van der Waals surface area contributed by atoms with Crippen LogP contribution in [0.15, 0.2) is 0 Å². The van der Waals surface area contributed by atoms with E-state index in [9.17, 15) is 5.11 Å². The number of unbranched alkanes of at least 4 members (excludes halogenated alkanes) is 1. The molecule has 2 atom stereocenters. The van der Waals surface area contributed by atoms with E-state index in [2.05, 4.69) is 13.8 Å². The maximum absolute atomic E-state index is 10.1. The molecule has 1 aliphatic carbocycles. The molecule has 1 aliphatic rings. The highest BCUT2D eigenvalue weighted by Crippen LogP contribution is 2.30. The minimum absolute atomic E-state index is 0.0302. The first kappa shape index (κ1) is 15.0. The summed E-state index contributed by atoms with van der Waals surface area (Å²) >= 11 is 0. The van der Waals surface area contributed by atoms with Crippen LogP contribution in [0, 0.1) is 11.8 Å². The Morgan fingerprint density at radius 3 is 2.41 bits per heavy atom. The number of rotatable bonds is 9. The van der Waals surface area contributed by atoms with Crippen molar-refractivity contribution in [2.24, 2.45) is 11.8 Å². The predicted octanol–water partition coefficient (Wildman–Crippen LogP) is 4.92. The molecule has 2 unspecified atom stereocenters. The minimum Gasteiger partial charge on any atom is -0.393 e. The molecule has 17 heavy (non-hydrogen) atoms. The predicted molar refractivity (Wildman–Crippen MR) is 75.1 cm³/mol. The third kappa shape index (κ3) is 6.45. The Labute approximate surface area is 108 Å². The maximum atomic E-state index is 10.1. The SMILES string of the molecule is CCCCC(CC)CC(O)CCC1CCCC1. The van der Waals surface area contributed by atoms with E-state index in [0.717, 1.165) is 24.7 Å². The van der Waals surface area contributed by atoms with Crippen LogP contribution in [0.2, 0.25) is 0 Å². The average molecular weight is 240 g/mol. The van der Waals surface area contributed by atoms with Crippen LogP contribution in [0.5, 0.6) is 0 Å². The zero-order valence-electron chi connectivity index (χ0n) is 12.0. The van der Waals surface area contributed by atoms with E-state index in [0.29, 0.717) is 0 Å². The lowest BCUT2D eigenvalue weighted by Crippen LogP contribution is -2.14. The standard InChI is InChI=1S/C16H32O/c1-3-5-8-14(4-2)13-16(17)12-11-15-9-6-7-10-15/h14-17H,3-13H2,1-2H3. The Morgan fingerprint density at radius 1 is 1.12 bits per heavy atom. The lowest BCUT2D eigenvalue weighted by Gasteiger charge is -2.20. The normalized spacial score (nSPS) is 20.6. The zero-order chi connectivity index (χ0) is 12.5. The fraction of sp³-hybridized carbons (Fsp3) is 1.00. The number of aliphatic hydroxyl groups excluding tert-OH is 1. The second-order valence-electron chi connectivity index (χ2n) is 6.03. The molecule has 0 spiro atoms. The Hall–Kier alpha value is -0.0400. The maximum Gasteiger partial charge on any atom is 0.0543 e. The Kier molecular flexibility index (Phi) is 7.92. The summed E-state index contributed by atoms with van der Waals surface area (Å²) in [5.41, 5.74) is 0. The lowest BCUT2D eigenvalue weighted by atomic mass is 9.90. The van der Waals surface area contributed by atoms with Gasteiger partial charge < -0.3 is 5.11 Å². The molecule has 1 saturated carbocycles. The van der Waals surface area contributed by atoms with E-state index in [1.54, 1.807) is 0 Å². The molecule has 0 heterocycles. The molecule has 1 N–H and O–H groups in total. The van der Waals surface area contributed by atoms with Crippen molar-refractivity contribution in [3.8, 4) is 0 Å². The van der Waals surface area contributed by atoms with Crippen molar-refractivity contribution in [1.29, 1.82) is 0 Å². The molecular weight excluding hydrogens is 208 g/mol. The number of aliphatic hydroxyl groups is 1. The summed E-state index contributed by atoms with van der Waals surface area (Å²) in [5.74, 6) is 1.69. The summed E-state index contributed by atoms with van der Waals surface area (Å²) < 4.78 is 0. The van der Waals surface area contributed by atoms with E-state index in [4.69, 9.17) is 0 Å². The van der Waals surface area contributed by atoms with Gasteiger partial charge in [-0.2, -0.15) is 0 Å². The molecule has 1 fully saturated rings. The highest BCUT2D eigenvalue weighted by molar-refractivity contribution is 4.71. The molecule has 0 aliphatic heterocycles. The first-order valence-corrected chi connectivity index (χ1v) is 7.94. The van der Waals surface area contributed by atoms with E-state index >= 15 is 0 Å². The van der Waals surface area contributed by atoms with Crippen LogP contribution in [0.25, 0.3) is 0 Å². The van der Waals surface area contributed by atoms with E-state index in [1.165, 1.54) is 57.8 Å². The second-order valence-corrected chi connectivity index (χ2v) is 6.03. The van der Waals surface area contributed by atoms with E-state index in [1.807, 2.05) is 0 Å². The first-order valence-electron chi connectivity index (χ1n) is 7.94. The molecule has 0 aromatic heterocycles. The topological polar surface area (TPSA) is 20.2 Å². The van der Waals surface area contributed by atoms with Gasteiger partial charge in [-0.25, -0.2) is 0 Å². The molecule has 0 bridgehead atoms. The van der Waals surface area contributed by atoms with Crippen molar-refractivity contribution >= 4 is 0 Å². The van der Waals surface area contributed by atoms with Crippen LogP contribution >= 0.6 is 0 Å². The van der Waals surface area contributed by atoms with Gasteiger partial charge in [-0.3, -0.25) is 0 Å². The molecular formula is C16H32O. The quantitative estimate of drug-likeness (QED) is 0.606. The highest BCUT2D eigenvalue weighted by Gasteiger charge is 2.18. The summed E-state index contributed by atoms with van der Waals surface area (Å²) in [6.07, 6.45) is 14.2. The monoisotopic (exact) mass is 240 g/mol. The molecule has 1 rings (SSSR count). The smallest absolute Gasteiger partial charge is 0.0543 e. The summed E-state index contributed by atoms with van der Waals surface area (Å²) in [6.45, 7) is 4.52.